The molecule has 170 valence electrons. The van der Waals surface area contributed by atoms with Gasteiger partial charge in [0.15, 0.2) is 5.82 Å². The first-order chi connectivity index (χ1) is 15.3. The van der Waals surface area contributed by atoms with Gasteiger partial charge in [-0.3, -0.25) is 4.79 Å². The zero-order chi connectivity index (χ0) is 23.3. The first kappa shape index (κ1) is 24.5. The molecule has 0 radical (unpaired) electrons. The van der Waals surface area contributed by atoms with Crippen molar-refractivity contribution >= 4 is 12.1 Å². The van der Waals surface area contributed by atoms with Crippen LogP contribution in [0.3, 0.4) is 0 Å². The normalized spacial score (nSPS) is 11.2. The van der Waals surface area contributed by atoms with Crippen molar-refractivity contribution in [2.75, 3.05) is 6.54 Å². The van der Waals surface area contributed by atoms with E-state index in [4.69, 9.17) is 25.3 Å². The van der Waals surface area contributed by atoms with E-state index in [-0.39, 0.29) is 6.04 Å². The van der Waals surface area contributed by atoms with Gasteiger partial charge in [-0.15, -0.1) is 0 Å². The molecule has 1 amide bonds. The number of hydrogen-bond donors (Lipinski definition) is 4. The van der Waals surface area contributed by atoms with E-state index in [1.165, 1.54) is 5.56 Å². The molecule has 1 heterocycles. The quantitative estimate of drug-likeness (QED) is 0.366. The molecule has 2 aromatic carbocycles. The van der Waals surface area contributed by atoms with Gasteiger partial charge in [-0.2, -0.15) is 4.98 Å². The minimum absolute atomic E-state index is 0.341. The zero-order valence-corrected chi connectivity index (χ0v) is 17.9. The molecule has 1 atom stereocenters. The highest BCUT2D eigenvalue weighted by Gasteiger charge is 2.15. The molecule has 0 aliphatic rings. The first-order valence-electron chi connectivity index (χ1n) is 10.2. The molecule has 5 N–H and O–H groups in total. The standard InChI is InChI=1S/C21H24N4O3.C2H4O2/c22-18(8-4-5-13-23-21(26)27)20-24-19(25-28-20)14-15-9-11-17(12-10-15)16-6-2-1-3-7-16;1-2(3)4/h1-3,6-7,9-12,18,23H,4-5,8,13-14,22H2,(H,26,27);1H3,(H,3,4). The summed E-state index contributed by atoms with van der Waals surface area (Å²) in [5.41, 5.74) is 9.54. The highest BCUT2D eigenvalue weighted by atomic mass is 16.5. The fourth-order valence-electron chi connectivity index (χ4n) is 2.93. The molecule has 0 bridgehead atoms. The van der Waals surface area contributed by atoms with Gasteiger partial charge >= 0.3 is 6.09 Å². The summed E-state index contributed by atoms with van der Waals surface area (Å²) in [6, 6.07) is 18.2. The van der Waals surface area contributed by atoms with E-state index in [0.717, 1.165) is 30.9 Å². The second kappa shape index (κ2) is 12.9. The Morgan fingerprint density at radius 3 is 2.28 bits per heavy atom. The Kier molecular flexibility index (Phi) is 9.86. The van der Waals surface area contributed by atoms with E-state index < -0.39 is 12.1 Å². The molecule has 9 heteroatoms. The van der Waals surface area contributed by atoms with Crippen molar-refractivity contribution < 1.29 is 24.3 Å². The molecule has 0 saturated carbocycles. The van der Waals surface area contributed by atoms with Gasteiger partial charge in [-0.05, 0) is 36.0 Å². The van der Waals surface area contributed by atoms with E-state index in [9.17, 15) is 4.79 Å². The number of carbonyl (C=O) groups is 2. The van der Waals surface area contributed by atoms with Gasteiger partial charge < -0.3 is 25.8 Å². The number of rotatable bonds is 9. The van der Waals surface area contributed by atoms with Gasteiger partial charge in [0.25, 0.3) is 5.97 Å². The summed E-state index contributed by atoms with van der Waals surface area (Å²) in [6.07, 6.45) is 1.72. The second-order valence-corrected chi connectivity index (χ2v) is 7.14. The Bertz CT molecular complexity index is 970. The number of nitrogens with one attached hydrogen (secondary N) is 1. The molecule has 1 unspecified atom stereocenters. The Balaban J connectivity index is 0.000000837. The molecule has 0 aliphatic heterocycles. The largest absolute Gasteiger partial charge is 0.481 e. The third-order valence-corrected chi connectivity index (χ3v) is 4.44. The topological polar surface area (TPSA) is 152 Å². The van der Waals surface area contributed by atoms with Crippen LogP contribution in [0.25, 0.3) is 11.1 Å². The van der Waals surface area contributed by atoms with Gasteiger partial charge in [0.05, 0.1) is 6.04 Å². The fraction of sp³-hybridized carbons (Fsp3) is 0.304. The van der Waals surface area contributed by atoms with E-state index in [1.807, 2.05) is 18.2 Å². The van der Waals surface area contributed by atoms with Crippen molar-refractivity contribution in [1.29, 1.82) is 0 Å². The van der Waals surface area contributed by atoms with Crippen LogP contribution < -0.4 is 11.1 Å². The molecule has 0 saturated heterocycles. The number of unbranched alkanes of at least 4 members (excludes halogenated alkanes) is 1. The number of aliphatic carboxylic acids is 1. The molecule has 1 aromatic heterocycles. The third kappa shape index (κ3) is 8.97. The summed E-state index contributed by atoms with van der Waals surface area (Å²) in [5.74, 6) is 0.188. The van der Waals surface area contributed by atoms with Crippen LogP contribution in [0, 0.1) is 0 Å². The van der Waals surface area contributed by atoms with Crippen LogP contribution in [0.5, 0.6) is 0 Å². The van der Waals surface area contributed by atoms with Crippen molar-refractivity contribution in [2.24, 2.45) is 5.73 Å². The van der Waals surface area contributed by atoms with Gasteiger partial charge in [-0.1, -0.05) is 59.8 Å². The van der Waals surface area contributed by atoms with Gasteiger partial charge in [0, 0.05) is 19.9 Å². The number of carboxylic acid groups (broad SMARTS) is 2. The lowest BCUT2D eigenvalue weighted by Crippen LogP contribution is -2.22. The average molecular weight is 441 g/mol. The maximum absolute atomic E-state index is 10.4. The molecule has 0 spiro atoms. The number of aromatic nitrogens is 2. The number of nitrogens with two attached hydrogens (primary N) is 1. The lowest BCUT2D eigenvalue weighted by molar-refractivity contribution is -0.134. The molecule has 0 aliphatic carbocycles. The molecular formula is C23H28N4O5. The Hall–Kier alpha value is -3.72. The summed E-state index contributed by atoms with van der Waals surface area (Å²) in [4.78, 5) is 23.8. The maximum atomic E-state index is 10.4. The molecule has 32 heavy (non-hydrogen) atoms. The highest BCUT2D eigenvalue weighted by Crippen LogP contribution is 2.21. The number of benzene rings is 2. The van der Waals surface area contributed by atoms with Crippen molar-refractivity contribution in [1.82, 2.24) is 15.5 Å². The minimum Gasteiger partial charge on any atom is -0.481 e. The van der Waals surface area contributed by atoms with Crippen LogP contribution in [0.4, 0.5) is 4.79 Å². The van der Waals surface area contributed by atoms with Crippen LogP contribution in [-0.2, 0) is 11.2 Å². The summed E-state index contributed by atoms with van der Waals surface area (Å²) in [5, 5.41) is 22.3. The predicted molar refractivity (Wildman–Crippen MR) is 119 cm³/mol. The zero-order valence-electron chi connectivity index (χ0n) is 17.9. The van der Waals surface area contributed by atoms with Crippen molar-refractivity contribution in [3.63, 3.8) is 0 Å². The second-order valence-electron chi connectivity index (χ2n) is 7.14. The molecular weight excluding hydrogens is 412 g/mol. The SMILES string of the molecule is CC(=O)O.NC(CCCCNC(=O)O)c1nc(Cc2ccc(-c3ccccc3)cc2)no1. The Labute approximate surface area is 186 Å². The van der Waals surface area contributed by atoms with Crippen molar-refractivity contribution in [3.05, 3.63) is 71.9 Å². The Morgan fingerprint density at radius 1 is 1.03 bits per heavy atom. The smallest absolute Gasteiger partial charge is 0.404 e. The summed E-state index contributed by atoms with van der Waals surface area (Å²) < 4.78 is 5.29. The number of hydrogen-bond acceptors (Lipinski definition) is 6. The Morgan fingerprint density at radius 2 is 1.66 bits per heavy atom. The van der Waals surface area contributed by atoms with Crippen LogP contribution in [0.15, 0.2) is 59.1 Å². The molecule has 0 fully saturated rings. The fourth-order valence-corrected chi connectivity index (χ4v) is 2.93. The molecule has 3 rings (SSSR count). The van der Waals surface area contributed by atoms with E-state index >= 15 is 0 Å². The minimum atomic E-state index is -1.01. The number of amides is 1. The van der Waals surface area contributed by atoms with E-state index in [1.54, 1.807) is 0 Å². The third-order valence-electron chi connectivity index (χ3n) is 4.44. The summed E-state index contributed by atoms with van der Waals surface area (Å²) in [7, 11) is 0. The number of nitrogens with zero attached hydrogens (tertiary/aromatic N) is 2. The van der Waals surface area contributed by atoms with Crippen molar-refractivity contribution in [2.45, 2.75) is 38.6 Å². The van der Waals surface area contributed by atoms with Crippen LogP contribution in [0.2, 0.25) is 0 Å². The summed E-state index contributed by atoms with van der Waals surface area (Å²) >= 11 is 0. The summed E-state index contributed by atoms with van der Waals surface area (Å²) in [6.45, 7) is 1.50. The van der Waals surface area contributed by atoms with Crippen molar-refractivity contribution in [3.8, 4) is 11.1 Å². The lowest BCUT2D eigenvalue weighted by Gasteiger charge is -2.06. The van der Waals surface area contributed by atoms with Gasteiger partial charge in [0.1, 0.15) is 0 Å². The van der Waals surface area contributed by atoms with Crippen LogP contribution in [0.1, 0.15) is 49.5 Å². The van der Waals surface area contributed by atoms with Gasteiger partial charge in [-0.25, -0.2) is 4.79 Å². The lowest BCUT2D eigenvalue weighted by atomic mass is 10.0. The van der Waals surface area contributed by atoms with E-state index in [0.29, 0.717) is 31.1 Å². The van der Waals surface area contributed by atoms with Crippen LogP contribution >= 0.6 is 0 Å². The maximum Gasteiger partial charge on any atom is 0.404 e. The van der Waals surface area contributed by atoms with E-state index in [2.05, 4.69) is 51.9 Å². The average Bonchev–Trinajstić information content (AvgIpc) is 3.22. The van der Waals surface area contributed by atoms with Crippen LogP contribution in [-0.4, -0.2) is 39.0 Å². The molecule has 9 nitrogen and oxygen atoms in total. The first-order valence-corrected chi connectivity index (χ1v) is 10.2. The predicted octanol–water partition coefficient (Wildman–Crippen LogP) is 3.86. The van der Waals surface area contributed by atoms with Gasteiger partial charge in [0.2, 0.25) is 5.89 Å². The number of carboxylic acids is 1. The molecule has 3 aromatic rings. The monoisotopic (exact) mass is 440 g/mol. The highest BCUT2D eigenvalue weighted by molar-refractivity contribution is 5.64.